The number of rotatable bonds is 7. The number of allylic oxidation sites excluding steroid dienone is 1. The second-order valence-corrected chi connectivity index (χ2v) is 14.8. The number of quaternary nitrogens is 1. The number of carbonyl (C=O) groups is 2. The van der Waals surface area contributed by atoms with Crippen LogP contribution in [0.4, 0.5) is 0 Å². The number of amides is 1. The average Bonchev–Trinajstić information content (AvgIpc) is 3.75. The van der Waals surface area contributed by atoms with Gasteiger partial charge in [0.2, 0.25) is 5.91 Å². The molecular formula is C26H45N10O4S2+. The van der Waals surface area contributed by atoms with E-state index in [9.17, 15) is 9.59 Å². The summed E-state index contributed by atoms with van der Waals surface area (Å²) < 4.78 is 12.0. The summed E-state index contributed by atoms with van der Waals surface area (Å²) in [5.74, 6) is 1.12. The maximum Gasteiger partial charge on any atom is 0.226 e. The maximum atomic E-state index is 13.1. The third-order valence-corrected chi connectivity index (χ3v) is 12.6. The van der Waals surface area contributed by atoms with Gasteiger partial charge in [0, 0.05) is 49.1 Å². The summed E-state index contributed by atoms with van der Waals surface area (Å²) in [7, 11) is 0. The summed E-state index contributed by atoms with van der Waals surface area (Å²) in [6, 6.07) is 0.652. The van der Waals surface area contributed by atoms with Gasteiger partial charge in [-0.3, -0.25) is 36.2 Å². The second-order valence-electron chi connectivity index (χ2n) is 12.3. The molecule has 0 aromatic rings. The third kappa shape index (κ3) is 5.80. The van der Waals surface area contributed by atoms with E-state index in [0.29, 0.717) is 37.8 Å². The predicted molar refractivity (Wildman–Crippen MR) is 159 cm³/mol. The van der Waals surface area contributed by atoms with Crippen LogP contribution in [-0.2, 0) is 19.1 Å². The molecule has 1 saturated carbocycles. The smallest absolute Gasteiger partial charge is 0.226 e. The van der Waals surface area contributed by atoms with Crippen LogP contribution in [-0.4, -0.2) is 120 Å². The number of carbonyl (C=O) groups excluding carboxylic acids is 2. The lowest BCUT2D eigenvalue weighted by atomic mass is 9.91. The average molecular weight is 626 g/mol. The minimum Gasteiger partial charge on any atom is -0.474 e. The molecule has 11 N–H and O–H groups in total. The number of nitrogens with zero attached hydrogens (tertiary/aromatic N) is 2. The number of primary amides is 1. The molecule has 6 aliphatic heterocycles. The molecule has 0 aromatic carbocycles. The lowest BCUT2D eigenvalue weighted by Crippen LogP contribution is -2.79. The highest BCUT2D eigenvalue weighted by molar-refractivity contribution is 8.01. The highest BCUT2D eigenvalue weighted by atomic mass is 32.2. The van der Waals surface area contributed by atoms with Crippen molar-refractivity contribution in [1.82, 2.24) is 41.9 Å². The van der Waals surface area contributed by atoms with Crippen LogP contribution in [0.25, 0.3) is 0 Å². The molecule has 6 fully saturated rings. The first-order chi connectivity index (χ1) is 20.5. The van der Waals surface area contributed by atoms with E-state index in [0.717, 1.165) is 38.2 Å². The molecule has 0 radical (unpaired) electrons. The van der Waals surface area contributed by atoms with E-state index in [-0.39, 0.29) is 58.3 Å². The Balaban J connectivity index is 1.01. The SMILES string of the molecule is NC(=O)C1C(NC2NCC(C3CSC4C(=O)C=C(N5CCOCC5)OC43)S2)NC(N[C@H]2CCCC[C@H]2[NH3+])N2NCNC12. The number of hydrogen-bond acceptors (Lipinski definition) is 14. The Morgan fingerprint density at radius 1 is 1.17 bits per heavy atom. The summed E-state index contributed by atoms with van der Waals surface area (Å²) >= 11 is 3.53. The van der Waals surface area contributed by atoms with Crippen LogP contribution in [0.2, 0.25) is 0 Å². The zero-order valence-electron chi connectivity index (χ0n) is 23.8. The number of nitrogens with two attached hydrogens (primary N) is 1. The molecule has 1 aliphatic carbocycles. The van der Waals surface area contributed by atoms with Crippen molar-refractivity contribution in [3.63, 3.8) is 0 Å². The van der Waals surface area contributed by atoms with Crippen LogP contribution in [0.15, 0.2) is 12.0 Å². The van der Waals surface area contributed by atoms with E-state index in [1.807, 2.05) is 11.8 Å². The fourth-order valence-electron chi connectivity index (χ4n) is 7.43. The molecular weight excluding hydrogens is 580 g/mol. The zero-order valence-corrected chi connectivity index (χ0v) is 25.5. The van der Waals surface area contributed by atoms with Gasteiger partial charge < -0.3 is 25.8 Å². The topological polar surface area (TPSA) is 185 Å². The number of nitrogens with one attached hydrogen (secondary N) is 6. The predicted octanol–water partition coefficient (Wildman–Crippen LogP) is -3.41. The van der Waals surface area contributed by atoms with E-state index in [1.165, 1.54) is 12.8 Å². The largest absolute Gasteiger partial charge is 0.474 e. The molecule has 7 rings (SSSR count). The number of morpholine rings is 1. The highest BCUT2D eigenvalue weighted by Crippen LogP contribution is 2.45. The van der Waals surface area contributed by atoms with Gasteiger partial charge in [-0.05, 0) is 12.8 Å². The molecule has 234 valence electrons. The van der Waals surface area contributed by atoms with E-state index in [4.69, 9.17) is 15.2 Å². The Kier molecular flexibility index (Phi) is 8.91. The fraction of sp³-hybridized carbons (Fsp3) is 0.846. The monoisotopic (exact) mass is 625 g/mol. The highest BCUT2D eigenvalue weighted by Gasteiger charge is 2.52. The molecule has 5 saturated heterocycles. The van der Waals surface area contributed by atoms with Gasteiger partial charge in [0.15, 0.2) is 11.7 Å². The third-order valence-electron chi connectivity index (χ3n) is 9.74. The molecule has 16 heteroatoms. The van der Waals surface area contributed by atoms with Gasteiger partial charge in [-0.25, -0.2) is 5.43 Å². The molecule has 1 amide bonds. The van der Waals surface area contributed by atoms with Crippen molar-refractivity contribution < 1.29 is 24.8 Å². The molecule has 0 aromatic heterocycles. The van der Waals surface area contributed by atoms with Crippen LogP contribution in [0.1, 0.15) is 25.7 Å². The van der Waals surface area contributed by atoms with Gasteiger partial charge in [-0.1, -0.05) is 6.42 Å². The van der Waals surface area contributed by atoms with Gasteiger partial charge in [0.25, 0.3) is 0 Å². The first kappa shape index (κ1) is 29.5. The number of hydrogen-bond donors (Lipinski definition) is 8. The Morgan fingerprint density at radius 3 is 2.81 bits per heavy atom. The first-order valence-electron chi connectivity index (χ1n) is 15.4. The Morgan fingerprint density at radius 2 is 2.00 bits per heavy atom. The van der Waals surface area contributed by atoms with E-state index < -0.39 is 5.92 Å². The van der Waals surface area contributed by atoms with Crippen molar-refractivity contribution in [2.45, 2.75) is 78.5 Å². The number of fused-ring (bicyclic) bond motifs is 2. The minimum atomic E-state index is -0.492. The van der Waals surface area contributed by atoms with Gasteiger partial charge in [0.1, 0.15) is 23.1 Å². The van der Waals surface area contributed by atoms with Crippen LogP contribution in [0.5, 0.6) is 0 Å². The Labute approximate surface area is 254 Å². The quantitative estimate of drug-likeness (QED) is 0.140. The van der Waals surface area contributed by atoms with Crippen LogP contribution >= 0.6 is 23.5 Å². The normalized spacial score (nSPS) is 44.4. The number of ketones is 1. The van der Waals surface area contributed by atoms with Crippen molar-refractivity contribution in [3.05, 3.63) is 12.0 Å². The molecule has 9 unspecified atom stereocenters. The molecule has 0 spiro atoms. The summed E-state index contributed by atoms with van der Waals surface area (Å²) in [5.41, 5.74) is 13.7. The lowest BCUT2D eigenvalue weighted by Gasteiger charge is -2.47. The zero-order chi connectivity index (χ0) is 28.8. The first-order valence-corrected chi connectivity index (χ1v) is 17.4. The standard InChI is InChI=1S/C26H44N10O4S2/c27-14-3-1-2-4-15(14)32-25-33-23(19(22(28)38)24-30-12-31-36(24)25)34-26-29-10-17(42-26)13-11-41-21-16(37)9-18(40-20(13)21)35-5-7-39-8-6-35/h9,13-15,17,19-21,23-26,29-34H,1-8,10-12,27H2,(H2,28,38)/p+1/t13?,14-,15+,17?,19?,20?,21?,23?,24?,25?,26?/m1/s1. The Bertz CT molecular complexity index is 1050. The number of ether oxygens (including phenoxy) is 2. The molecule has 14 nitrogen and oxygen atoms in total. The molecule has 42 heavy (non-hydrogen) atoms. The van der Waals surface area contributed by atoms with Crippen molar-refractivity contribution in [2.75, 3.05) is 45.3 Å². The summed E-state index contributed by atoms with van der Waals surface area (Å²) in [6.45, 7) is 4.14. The molecule has 11 atom stereocenters. The minimum absolute atomic E-state index is 0.0798. The van der Waals surface area contributed by atoms with Crippen molar-refractivity contribution in [1.29, 1.82) is 0 Å². The van der Waals surface area contributed by atoms with E-state index in [2.05, 4.69) is 47.7 Å². The van der Waals surface area contributed by atoms with Crippen molar-refractivity contribution in [2.24, 2.45) is 17.6 Å². The van der Waals surface area contributed by atoms with E-state index in [1.54, 1.807) is 17.8 Å². The lowest BCUT2D eigenvalue weighted by molar-refractivity contribution is -0.431. The number of hydrazine groups is 1. The van der Waals surface area contributed by atoms with Gasteiger partial charge in [-0.15, -0.1) is 23.5 Å². The fourth-order valence-corrected chi connectivity index (χ4v) is 10.5. The van der Waals surface area contributed by atoms with Crippen LogP contribution in [0, 0.1) is 11.8 Å². The van der Waals surface area contributed by atoms with E-state index >= 15 is 0 Å². The summed E-state index contributed by atoms with van der Waals surface area (Å²) in [5, 5.41) is 20.3. The molecule has 0 bridgehead atoms. The van der Waals surface area contributed by atoms with Crippen LogP contribution < -0.4 is 43.5 Å². The van der Waals surface area contributed by atoms with Gasteiger partial charge in [-0.2, -0.15) is 5.01 Å². The van der Waals surface area contributed by atoms with Crippen molar-refractivity contribution >= 4 is 35.2 Å². The van der Waals surface area contributed by atoms with Crippen molar-refractivity contribution in [3.8, 4) is 0 Å². The number of thioether (sulfide) groups is 2. The summed E-state index contributed by atoms with van der Waals surface area (Å²) in [6.07, 6.45) is 5.40. The summed E-state index contributed by atoms with van der Waals surface area (Å²) in [4.78, 5) is 28.0. The van der Waals surface area contributed by atoms with Gasteiger partial charge in [0.05, 0.1) is 50.2 Å². The molecule has 6 heterocycles. The Hall–Kier alpha value is -1.18. The van der Waals surface area contributed by atoms with Gasteiger partial charge >= 0.3 is 0 Å². The second kappa shape index (κ2) is 12.7. The van der Waals surface area contributed by atoms with Crippen LogP contribution in [0.3, 0.4) is 0 Å². The maximum absolute atomic E-state index is 13.1. The molecule has 7 aliphatic rings.